The minimum absolute atomic E-state index is 0.0616. The third-order valence-electron chi connectivity index (χ3n) is 2.59. The zero-order valence-corrected chi connectivity index (χ0v) is 11.5. The van der Waals surface area contributed by atoms with Gasteiger partial charge in [-0.3, -0.25) is 0 Å². The number of aromatic carboxylic acids is 1. The summed E-state index contributed by atoms with van der Waals surface area (Å²) in [6, 6.07) is 10.3. The largest absolute Gasteiger partial charge is 0.478 e. The molecule has 0 spiro atoms. The first kappa shape index (κ1) is 14.3. The van der Waals surface area contributed by atoms with Gasteiger partial charge < -0.3 is 15.2 Å². The highest BCUT2D eigenvalue weighted by Crippen LogP contribution is 2.22. The summed E-state index contributed by atoms with van der Waals surface area (Å²) >= 11 is 5.80. The summed E-state index contributed by atoms with van der Waals surface area (Å²) in [6.07, 6.45) is 0. The van der Waals surface area contributed by atoms with Gasteiger partial charge in [-0.15, -0.1) is 0 Å². The van der Waals surface area contributed by atoms with Crippen molar-refractivity contribution in [3.8, 4) is 0 Å². The number of nitrogens with one attached hydrogen (secondary N) is 1. The standard InChI is InChI=1S/C14H13ClN2O3/c1-20-8-9-3-2-4-10(7-9)16-13-11(14(18)19)5-6-12(15)17-13/h2-7H,8H2,1H3,(H,16,17)(H,18,19). The van der Waals surface area contributed by atoms with Crippen LogP contribution in [-0.4, -0.2) is 23.2 Å². The minimum Gasteiger partial charge on any atom is -0.478 e. The fraction of sp³-hybridized carbons (Fsp3) is 0.143. The Balaban J connectivity index is 2.31. The van der Waals surface area contributed by atoms with E-state index in [1.807, 2.05) is 24.3 Å². The first-order valence-corrected chi connectivity index (χ1v) is 6.22. The molecule has 0 radical (unpaired) electrons. The zero-order chi connectivity index (χ0) is 14.5. The summed E-state index contributed by atoms with van der Waals surface area (Å²) in [4.78, 5) is 15.2. The Hall–Kier alpha value is -2.11. The zero-order valence-electron chi connectivity index (χ0n) is 10.8. The Bertz CT molecular complexity index is 632. The third kappa shape index (κ3) is 3.46. The molecule has 0 aliphatic carbocycles. The molecule has 0 amide bonds. The highest BCUT2D eigenvalue weighted by Gasteiger charge is 2.12. The number of carboxylic acid groups (broad SMARTS) is 1. The van der Waals surface area contributed by atoms with Crippen LogP contribution in [0.25, 0.3) is 0 Å². The van der Waals surface area contributed by atoms with E-state index in [-0.39, 0.29) is 16.5 Å². The third-order valence-corrected chi connectivity index (χ3v) is 2.80. The lowest BCUT2D eigenvalue weighted by molar-refractivity contribution is 0.0697. The number of benzene rings is 1. The van der Waals surface area contributed by atoms with E-state index in [1.165, 1.54) is 12.1 Å². The average molecular weight is 293 g/mol. The number of carboxylic acids is 1. The van der Waals surface area contributed by atoms with Gasteiger partial charge in [0.2, 0.25) is 0 Å². The lowest BCUT2D eigenvalue weighted by Crippen LogP contribution is -2.05. The Morgan fingerprint density at radius 2 is 2.20 bits per heavy atom. The van der Waals surface area contributed by atoms with E-state index in [0.29, 0.717) is 6.61 Å². The molecule has 2 aromatic rings. The van der Waals surface area contributed by atoms with Crippen LogP contribution in [0.3, 0.4) is 0 Å². The van der Waals surface area contributed by atoms with Gasteiger partial charge in [0.25, 0.3) is 0 Å². The fourth-order valence-electron chi connectivity index (χ4n) is 1.75. The number of ether oxygens (including phenoxy) is 1. The number of methoxy groups -OCH3 is 1. The van der Waals surface area contributed by atoms with Crippen molar-refractivity contribution in [2.75, 3.05) is 12.4 Å². The van der Waals surface area contributed by atoms with Gasteiger partial charge in [-0.1, -0.05) is 23.7 Å². The Kier molecular flexibility index (Phi) is 4.55. The van der Waals surface area contributed by atoms with Crippen LogP contribution >= 0.6 is 11.6 Å². The second-order valence-electron chi connectivity index (χ2n) is 4.09. The number of carbonyl (C=O) groups is 1. The van der Waals surface area contributed by atoms with Gasteiger partial charge in [0.1, 0.15) is 16.5 Å². The maximum absolute atomic E-state index is 11.1. The van der Waals surface area contributed by atoms with Gasteiger partial charge in [-0.05, 0) is 29.8 Å². The summed E-state index contributed by atoms with van der Waals surface area (Å²) in [5.41, 5.74) is 1.75. The predicted molar refractivity (Wildman–Crippen MR) is 76.6 cm³/mol. The molecule has 5 nitrogen and oxygen atoms in total. The van der Waals surface area contributed by atoms with Gasteiger partial charge in [-0.2, -0.15) is 0 Å². The van der Waals surface area contributed by atoms with E-state index >= 15 is 0 Å². The molecule has 0 saturated carbocycles. The second kappa shape index (κ2) is 6.36. The van der Waals surface area contributed by atoms with Crippen LogP contribution in [0.1, 0.15) is 15.9 Å². The van der Waals surface area contributed by atoms with Crippen LogP contribution in [0.5, 0.6) is 0 Å². The molecule has 2 rings (SSSR count). The highest BCUT2D eigenvalue weighted by atomic mass is 35.5. The van der Waals surface area contributed by atoms with Crippen molar-refractivity contribution in [3.05, 3.63) is 52.7 Å². The van der Waals surface area contributed by atoms with Gasteiger partial charge in [-0.25, -0.2) is 9.78 Å². The van der Waals surface area contributed by atoms with E-state index in [0.717, 1.165) is 11.3 Å². The normalized spacial score (nSPS) is 10.3. The van der Waals surface area contributed by atoms with Crippen molar-refractivity contribution < 1.29 is 14.6 Å². The molecule has 0 aliphatic rings. The molecule has 0 aliphatic heterocycles. The maximum atomic E-state index is 11.1. The number of pyridine rings is 1. The van der Waals surface area contributed by atoms with Crippen molar-refractivity contribution in [1.29, 1.82) is 0 Å². The second-order valence-corrected chi connectivity index (χ2v) is 4.48. The van der Waals surface area contributed by atoms with Crippen LogP contribution < -0.4 is 5.32 Å². The minimum atomic E-state index is -1.07. The Morgan fingerprint density at radius 3 is 2.90 bits per heavy atom. The highest BCUT2D eigenvalue weighted by molar-refractivity contribution is 6.29. The molecule has 2 N–H and O–H groups in total. The van der Waals surface area contributed by atoms with Crippen molar-refractivity contribution in [3.63, 3.8) is 0 Å². The molecule has 104 valence electrons. The molecule has 0 saturated heterocycles. The molecule has 20 heavy (non-hydrogen) atoms. The van der Waals surface area contributed by atoms with Crippen molar-refractivity contribution in [2.24, 2.45) is 0 Å². The van der Waals surface area contributed by atoms with Crippen LogP contribution in [-0.2, 0) is 11.3 Å². The van der Waals surface area contributed by atoms with Crippen molar-refractivity contribution >= 4 is 29.1 Å². The van der Waals surface area contributed by atoms with E-state index in [9.17, 15) is 4.79 Å². The number of anilines is 2. The summed E-state index contributed by atoms with van der Waals surface area (Å²) in [5.74, 6) is -0.857. The molecular formula is C14H13ClN2O3. The maximum Gasteiger partial charge on any atom is 0.339 e. The summed E-state index contributed by atoms with van der Waals surface area (Å²) in [5, 5.41) is 12.3. The number of rotatable bonds is 5. The molecule has 1 aromatic carbocycles. The molecular weight excluding hydrogens is 280 g/mol. The lowest BCUT2D eigenvalue weighted by atomic mass is 10.2. The first-order valence-electron chi connectivity index (χ1n) is 5.85. The SMILES string of the molecule is COCc1cccc(Nc2nc(Cl)ccc2C(=O)O)c1. The van der Waals surface area contributed by atoms with E-state index < -0.39 is 5.97 Å². The van der Waals surface area contributed by atoms with Gasteiger partial charge in [0.15, 0.2) is 0 Å². The number of hydrogen-bond donors (Lipinski definition) is 2. The van der Waals surface area contributed by atoms with Gasteiger partial charge in [0.05, 0.1) is 6.61 Å². The van der Waals surface area contributed by atoms with Gasteiger partial charge >= 0.3 is 5.97 Å². The number of hydrogen-bond acceptors (Lipinski definition) is 4. The fourth-order valence-corrected chi connectivity index (χ4v) is 1.89. The lowest BCUT2D eigenvalue weighted by Gasteiger charge is -2.10. The van der Waals surface area contributed by atoms with E-state index in [4.69, 9.17) is 21.4 Å². The molecule has 1 aromatic heterocycles. The quantitative estimate of drug-likeness (QED) is 0.827. The topological polar surface area (TPSA) is 71.5 Å². The van der Waals surface area contributed by atoms with Gasteiger partial charge in [0, 0.05) is 12.8 Å². The number of aromatic nitrogens is 1. The number of halogens is 1. The molecule has 6 heteroatoms. The first-order chi connectivity index (χ1) is 9.60. The molecule has 0 bridgehead atoms. The van der Waals surface area contributed by atoms with E-state index in [1.54, 1.807) is 7.11 Å². The average Bonchev–Trinajstić information content (AvgIpc) is 2.39. The molecule has 1 heterocycles. The summed E-state index contributed by atoms with van der Waals surface area (Å²) in [7, 11) is 1.61. The monoisotopic (exact) mass is 292 g/mol. The Morgan fingerprint density at radius 1 is 1.40 bits per heavy atom. The van der Waals surface area contributed by atoms with Crippen molar-refractivity contribution in [2.45, 2.75) is 6.61 Å². The molecule has 0 atom stereocenters. The summed E-state index contributed by atoms with van der Waals surface area (Å²) in [6.45, 7) is 0.476. The van der Waals surface area contributed by atoms with Crippen molar-refractivity contribution in [1.82, 2.24) is 4.98 Å². The predicted octanol–water partition coefficient (Wildman–Crippen LogP) is 3.32. The number of nitrogens with zero attached hydrogens (tertiary/aromatic N) is 1. The van der Waals surface area contributed by atoms with E-state index in [2.05, 4.69) is 10.3 Å². The molecule has 0 fully saturated rings. The smallest absolute Gasteiger partial charge is 0.339 e. The van der Waals surface area contributed by atoms with Crippen LogP contribution in [0, 0.1) is 0 Å². The van der Waals surface area contributed by atoms with Crippen LogP contribution in [0.15, 0.2) is 36.4 Å². The van der Waals surface area contributed by atoms with Crippen LogP contribution in [0.4, 0.5) is 11.5 Å². The summed E-state index contributed by atoms with van der Waals surface area (Å²) < 4.78 is 5.06. The van der Waals surface area contributed by atoms with Crippen LogP contribution in [0.2, 0.25) is 5.15 Å². The Labute approximate surface area is 121 Å². The molecule has 0 unspecified atom stereocenters.